The first-order valence-electron chi connectivity index (χ1n) is 6.93. The van der Waals surface area contributed by atoms with E-state index in [9.17, 15) is 17.6 Å². The SMILES string of the molecule is NC(Cc1cccc(F)c1)C1CCC(C(F)(F)F)CC1. The van der Waals surface area contributed by atoms with Crippen LogP contribution in [-0.4, -0.2) is 12.2 Å². The molecule has 1 saturated carbocycles. The minimum atomic E-state index is -4.09. The molecule has 1 aliphatic rings. The summed E-state index contributed by atoms with van der Waals surface area (Å²) >= 11 is 0. The summed E-state index contributed by atoms with van der Waals surface area (Å²) in [4.78, 5) is 0. The van der Waals surface area contributed by atoms with Crippen molar-refractivity contribution in [2.24, 2.45) is 17.6 Å². The molecule has 0 amide bonds. The fraction of sp³-hybridized carbons (Fsp3) is 0.600. The van der Waals surface area contributed by atoms with Gasteiger partial charge in [0.1, 0.15) is 5.82 Å². The van der Waals surface area contributed by atoms with Crippen molar-refractivity contribution in [2.75, 3.05) is 0 Å². The molecule has 0 bridgehead atoms. The lowest BCUT2D eigenvalue weighted by Crippen LogP contribution is -2.37. The molecule has 0 saturated heterocycles. The van der Waals surface area contributed by atoms with Crippen molar-refractivity contribution in [2.45, 2.75) is 44.3 Å². The van der Waals surface area contributed by atoms with Gasteiger partial charge in [0.2, 0.25) is 0 Å². The van der Waals surface area contributed by atoms with Gasteiger partial charge in [0, 0.05) is 6.04 Å². The summed E-state index contributed by atoms with van der Waals surface area (Å²) in [5.41, 5.74) is 6.88. The molecule has 0 aliphatic heterocycles. The number of benzene rings is 1. The number of halogens is 4. The highest BCUT2D eigenvalue weighted by molar-refractivity contribution is 5.17. The molecule has 1 aromatic rings. The van der Waals surface area contributed by atoms with Crippen LogP contribution in [0, 0.1) is 17.7 Å². The Kier molecular flexibility index (Phi) is 4.68. The van der Waals surface area contributed by atoms with E-state index in [1.165, 1.54) is 12.1 Å². The van der Waals surface area contributed by atoms with Gasteiger partial charge in [-0.2, -0.15) is 13.2 Å². The third-order valence-corrected chi connectivity index (χ3v) is 4.20. The summed E-state index contributed by atoms with van der Waals surface area (Å²) in [7, 11) is 0. The molecule has 1 aromatic carbocycles. The molecule has 1 unspecified atom stereocenters. The highest BCUT2D eigenvalue weighted by atomic mass is 19.4. The Morgan fingerprint density at radius 3 is 2.35 bits per heavy atom. The first kappa shape index (κ1) is 15.3. The predicted molar refractivity (Wildman–Crippen MR) is 69.6 cm³/mol. The van der Waals surface area contributed by atoms with E-state index >= 15 is 0 Å². The first-order chi connectivity index (χ1) is 9.36. The average Bonchev–Trinajstić information content (AvgIpc) is 2.38. The van der Waals surface area contributed by atoms with E-state index in [-0.39, 0.29) is 30.6 Å². The Morgan fingerprint density at radius 2 is 1.80 bits per heavy atom. The molecule has 1 fully saturated rings. The van der Waals surface area contributed by atoms with Crippen LogP contribution < -0.4 is 5.73 Å². The van der Waals surface area contributed by atoms with Crippen molar-refractivity contribution in [3.8, 4) is 0 Å². The van der Waals surface area contributed by atoms with Crippen molar-refractivity contribution < 1.29 is 17.6 Å². The summed E-state index contributed by atoms with van der Waals surface area (Å²) in [6, 6.07) is 6.01. The van der Waals surface area contributed by atoms with Gasteiger partial charge in [0.15, 0.2) is 0 Å². The molecule has 1 aliphatic carbocycles. The molecule has 5 heteroatoms. The minimum Gasteiger partial charge on any atom is -0.327 e. The fourth-order valence-electron chi connectivity index (χ4n) is 2.98. The first-order valence-corrected chi connectivity index (χ1v) is 6.93. The molecule has 0 radical (unpaired) electrons. The van der Waals surface area contributed by atoms with Gasteiger partial charge >= 0.3 is 6.18 Å². The lowest BCUT2D eigenvalue weighted by atomic mass is 9.77. The van der Waals surface area contributed by atoms with Crippen LogP contribution in [0.5, 0.6) is 0 Å². The second-order valence-electron chi connectivity index (χ2n) is 5.65. The Labute approximate surface area is 116 Å². The second kappa shape index (κ2) is 6.12. The van der Waals surface area contributed by atoms with Crippen LogP contribution >= 0.6 is 0 Å². The van der Waals surface area contributed by atoms with Gasteiger partial charge in [-0.1, -0.05) is 12.1 Å². The van der Waals surface area contributed by atoms with Gasteiger partial charge in [0.25, 0.3) is 0 Å². The summed E-state index contributed by atoms with van der Waals surface area (Å²) in [5.74, 6) is -1.40. The lowest BCUT2D eigenvalue weighted by Gasteiger charge is -2.33. The maximum absolute atomic E-state index is 13.1. The van der Waals surface area contributed by atoms with Gasteiger partial charge in [-0.15, -0.1) is 0 Å². The van der Waals surface area contributed by atoms with Crippen LogP contribution in [0.15, 0.2) is 24.3 Å². The van der Waals surface area contributed by atoms with E-state index in [0.717, 1.165) is 5.56 Å². The Hall–Kier alpha value is -1.10. The molecule has 0 spiro atoms. The third kappa shape index (κ3) is 3.95. The molecular weight excluding hydrogens is 270 g/mol. The summed E-state index contributed by atoms with van der Waals surface area (Å²) < 4.78 is 50.8. The van der Waals surface area contributed by atoms with Crippen LogP contribution in [0.2, 0.25) is 0 Å². The molecule has 0 heterocycles. The minimum absolute atomic E-state index is 0.0943. The van der Waals surface area contributed by atoms with Gasteiger partial charge < -0.3 is 5.73 Å². The molecule has 20 heavy (non-hydrogen) atoms. The molecule has 2 rings (SSSR count). The van der Waals surface area contributed by atoms with Crippen LogP contribution in [0.1, 0.15) is 31.2 Å². The van der Waals surface area contributed by atoms with Crippen LogP contribution in [-0.2, 0) is 6.42 Å². The zero-order valence-corrected chi connectivity index (χ0v) is 11.2. The van der Waals surface area contributed by atoms with E-state index in [2.05, 4.69) is 0 Å². The van der Waals surface area contributed by atoms with Crippen molar-refractivity contribution >= 4 is 0 Å². The topological polar surface area (TPSA) is 26.0 Å². The van der Waals surface area contributed by atoms with Gasteiger partial charge in [-0.05, 0) is 55.7 Å². The molecule has 1 nitrogen and oxygen atoms in total. The molecule has 112 valence electrons. The molecule has 2 N–H and O–H groups in total. The number of alkyl halides is 3. The third-order valence-electron chi connectivity index (χ3n) is 4.20. The van der Waals surface area contributed by atoms with Gasteiger partial charge in [-0.25, -0.2) is 4.39 Å². The standard InChI is InChI=1S/C15H19F4N/c16-13-3-1-2-10(8-13)9-14(20)11-4-6-12(7-5-11)15(17,18)19/h1-3,8,11-12,14H,4-7,9,20H2. The fourth-order valence-corrected chi connectivity index (χ4v) is 2.98. The van der Waals surface area contributed by atoms with E-state index in [1.54, 1.807) is 12.1 Å². The largest absolute Gasteiger partial charge is 0.391 e. The van der Waals surface area contributed by atoms with Gasteiger partial charge in [-0.3, -0.25) is 0 Å². The Morgan fingerprint density at radius 1 is 1.15 bits per heavy atom. The Bertz CT molecular complexity index is 436. The van der Waals surface area contributed by atoms with E-state index in [4.69, 9.17) is 5.73 Å². The quantitative estimate of drug-likeness (QED) is 0.834. The van der Waals surface area contributed by atoms with Crippen molar-refractivity contribution in [1.29, 1.82) is 0 Å². The average molecular weight is 289 g/mol. The number of hydrogen-bond donors (Lipinski definition) is 1. The normalized spacial score (nSPS) is 25.4. The monoisotopic (exact) mass is 289 g/mol. The van der Waals surface area contributed by atoms with Crippen molar-refractivity contribution in [3.63, 3.8) is 0 Å². The van der Waals surface area contributed by atoms with E-state index in [0.29, 0.717) is 19.3 Å². The van der Waals surface area contributed by atoms with E-state index in [1.807, 2.05) is 0 Å². The van der Waals surface area contributed by atoms with Crippen LogP contribution in [0.25, 0.3) is 0 Å². The second-order valence-corrected chi connectivity index (χ2v) is 5.65. The highest BCUT2D eigenvalue weighted by Gasteiger charge is 2.42. The molecule has 1 atom stereocenters. The maximum atomic E-state index is 13.1. The summed E-state index contributed by atoms with van der Waals surface area (Å²) in [5, 5.41) is 0. The summed E-state index contributed by atoms with van der Waals surface area (Å²) in [6.07, 6.45) is -2.26. The maximum Gasteiger partial charge on any atom is 0.391 e. The zero-order chi connectivity index (χ0) is 14.8. The Balaban J connectivity index is 1.87. The summed E-state index contributed by atoms with van der Waals surface area (Å²) in [6.45, 7) is 0. The lowest BCUT2D eigenvalue weighted by molar-refractivity contribution is -0.184. The number of nitrogens with two attached hydrogens (primary N) is 1. The van der Waals surface area contributed by atoms with E-state index < -0.39 is 12.1 Å². The zero-order valence-electron chi connectivity index (χ0n) is 11.2. The molecule has 0 aromatic heterocycles. The van der Waals surface area contributed by atoms with Crippen LogP contribution in [0.4, 0.5) is 17.6 Å². The molecular formula is C15H19F4N. The van der Waals surface area contributed by atoms with Crippen molar-refractivity contribution in [3.05, 3.63) is 35.6 Å². The highest BCUT2D eigenvalue weighted by Crippen LogP contribution is 2.40. The van der Waals surface area contributed by atoms with Gasteiger partial charge in [0.05, 0.1) is 5.92 Å². The number of rotatable bonds is 3. The van der Waals surface area contributed by atoms with Crippen molar-refractivity contribution in [1.82, 2.24) is 0 Å². The van der Waals surface area contributed by atoms with Crippen LogP contribution in [0.3, 0.4) is 0 Å². The smallest absolute Gasteiger partial charge is 0.327 e. The number of hydrogen-bond acceptors (Lipinski definition) is 1. The predicted octanol–water partition coefficient (Wildman–Crippen LogP) is 4.06.